The van der Waals surface area contributed by atoms with E-state index in [1.165, 1.54) is 29.6 Å². The van der Waals surface area contributed by atoms with Crippen LogP contribution in [0.3, 0.4) is 0 Å². The highest BCUT2D eigenvalue weighted by Gasteiger charge is 2.21. The molecule has 1 heterocycles. The summed E-state index contributed by atoms with van der Waals surface area (Å²) in [6.07, 6.45) is 4.18. The van der Waals surface area contributed by atoms with E-state index in [1.54, 1.807) is 30.3 Å². The number of benzene rings is 3. The van der Waals surface area contributed by atoms with E-state index in [2.05, 4.69) is 20.7 Å². The zero-order chi connectivity index (χ0) is 28.6. The number of hydrazine groups is 1. The first-order valence-corrected chi connectivity index (χ1v) is 12.4. The van der Waals surface area contributed by atoms with Crippen molar-refractivity contribution in [2.45, 2.75) is 12.5 Å². The van der Waals surface area contributed by atoms with Crippen LogP contribution >= 0.6 is 11.6 Å². The zero-order valence-corrected chi connectivity index (χ0v) is 21.8. The number of nitrogens with two attached hydrogens (primary N) is 2. The van der Waals surface area contributed by atoms with E-state index in [-0.39, 0.29) is 12.2 Å². The molecule has 40 heavy (non-hydrogen) atoms. The first-order chi connectivity index (χ1) is 19.2. The lowest BCUT2D eigenvalue weighted by atomic mass is 10.0. The molecule has 1 aromatic heterocycles. The lowest BCUT2D eigenvalue weighted by Gasteiger charge is -2.18. The van der Waals surface area contributed by atoms with Crippen LogP contribution in [-0.4, -0.2) is 34.3 Å². The molecule has 3 aromatic carbocycles. The molecule has 0 bridgehead atoms. The largest absolute Gasteiger partial charge is 0.507 e. The molecule has 4 rings (SSSR count). The fourth-order valence-corrected chi connectivity index (χ4v) is 4.20. The van der Waals surface area contributed by atoms with E-state index in [4.69, 9.17) is 23.3 Å². The van der Waals surface area contributed by atoms with Gasteiger partial charge in [0.2, 0.25) is 11.8 Å². The summed E-state index contributed by atoms with van der Waals surface area (Å²) in [6, 6.07) is 18.9. The first-order valence-electron chi connectivity index (χ1n) is 12.0. The lowest BCUT2D eigenvalue weighted by Crippen LogP contribution is -2.44. The number of anilines is 2. The fourth-order valence-electron chi connectivity index (χ4n) is 4.02. The van der Waals surface area contributed by atoms with Crippen LogP contribution < -0.4 is 32.9 Å². The number of rotatable bonds is 9. The van der Waals surface area contributed by atoms with Gasteiger partial charge in [0.25, 0.3) is 5.56 Å². The van der Waals surface area contributed by atoms with Crippen molar-refractivity contribution < 1.29 is 14.7 Å². The molecule has 0 radical (unpaired) electrons. The molecule has 8 N–H and O–H groups in total. The molecule has 0 aliphatic rings. The van der Waals surface area contributed by atoms with Gasteiger partial charge in [0, 0.05) is 40.2 Å². The minimum Gasteiger partial charge on any atom is -0.507 e. The number of amides is 2. The second-order valence-electron chi connectivity index (χ2n) is 8.73. The van der Waals surface area contributed by atoms with Crippen LogP contribution in [0.2, 0.25) is 5.02 Å². The number of hydrogen-bond acceptors (Lipinski definition) is 7. The number of nitrogens with one attached hydrogen (secondary N) is 3. The molecular formula is C28H26ClN7O4. The number of carbonyl (C=O) groups is 2. The van der Waals surface area contributed by atoms with Gasteiger partial charge in [0.05, 0.1) is 11.2 Å². The monoisotopic (exact) mass is 559 g/mol. The molecular weight excluding hydrogens is 534 g/mol. The van der Waals surface area contributed by atoms with Crippen molar-refractivity contribution in [2.75, 3.05) is 10.3 Å². The number of pyridine rings is 1. The Balaban J connectivity index is 1.56. The summed E-state index contributed by atoms with van der Waals surface area (Å²) >= 11 is 6.12. The number of carbonyl (C=O) groups excluding carboxylic acids is 2. The summed E-state index contributed by atoms with van der Waals surface area (Å²) in [5, 5.41) is 21.0. The molecule has 2 amide bonds. The van der Waals surface area contributed by atoms with E-state index in [1.807, 2.05) is 30.3 Å². The molecule has 0 spiro atoms. The van der Waals surface area contributed by atoms with Gasteiger partial charge in [0.1, 0.15) is 18.1 Å². The molecule has 1 atom stereocenters. The number of fused-ring (bicyclic) bond motifs is 1. The van der Waals surface area contributed by atoms with Crippen molar-refractivity contribution in [3.8, 4) is 5.75 Å². The summed E-state index contributed by atoms with van der Waals surface area (Å²) in [6.45, 7) is 0. The van der Waals surface area contributed by atoms with Gasteiger partial charge in [-0.1, -0.05) is 41.9 Å². The number of hydrazone groups is 1. The summed E-state index contributed by atoms with van der Waals surface area (Å²) < 4.78 is 0. The molecule has 4 aromatic rings. The van der Waals surface area contributed by atoms with Crippen LogP contribution in [0.4, 0.5) is 11.4 Å². The van der Waals surface area contributed by atoms with E-state index in [0.717, 1.165) is 11.6 Å². The molecule has 0 fully saturated rings. The maximum absolute atomic E-state index is 13.3. The van der Waals surface area contributed by atoms with E-state index in [0.29, 0.717) is 32.9 Å². The molecule has 204 valence electrons. The number of halogens is 1. The third-order valence-electron chi connectivity index (χ3n) is 5.88. The first kappa shape index (κ1) is 27.9. The number of aromatic amines is 1. The Morgan fingerprint density at radius 1 is 1.10 bits per heavy atom. The minimum absolute atomic E-state index is 0.213. The van der Waals surface area contributed by atoms with Crippen LogP contribution in [-0.2, 0) is 16.0 Å². The summed E-state index contributed by atoms with van der Waals surface area (Å²) in [4.78, 5) is 40.5. The maximum atomic E-state index is 13.3. The number of aromatic nitrogens is 1. The van der Waals surface area contributed by atoms with Crippen molar-refractivity contribution in [3.63, 3.8) is 0 Å². The van der Waals surface area contributed by atoms with Gasteiger partial charge >= 0.3 is 0 Å². The third-order valence-corrected chi connectivity index (χ3v) is 6.11. The smallest absolute Gasteiger partial charge is 0.252 e. The van der Waals surface area contributed by atoms with Gasteiger partial charge in [-0.2, -0.15) is 5.10 Å². The molecule has 0 aliphatic carbocycles. The van der Waals surface area contributed by atoms with Crippen LogP contribution in [0.1, 0.15) is 11.1 Å². The van der Waals surface area contributed by atoms with Gasteiger partial charge in [0.15, 0.2) is 0 Å². The topological polar surface area (TPSA) is 179 Å². The van der Waals surface area contributed by atoms with Gasteiger partial charge in [-0.05, 0) is 48.0 Å². The quantitative estimate of drug-likeness (QED) is 0.0599. The van der Waals surface area contributed by atoms with Crippen LogP contribution in [0.15, 0.2) is 88.8 Å². The van der Waals surface area contributed by atoms with Crippen molar-refractivity contribution in [2.24, 2.45) is 16.8 Å². The zero-order valence-electron chi connectivity index (χ0n) is 21.0. The Labute approximate surface area is 233 Å². The van der Waals surface area contributed by atoms with Crippen molar-refractivity contribution >= 4 is 58.1 Å². The molecule has 12 heteroatoms. The number of nitrogens with zero attached hydrogens (tertiary/aromatic N) is 2. The van der Waals surface area contributed by atoms with Gasteiger partial charge < -0.3 is 26.6 Å². The SMILES string of the molecule is N/N=C\N(N)c1ccc(Cl)cc1/C=C/C(=O)N[C@@H](Cc1ccccc1)C(=O)Nc1ccc2[nH]c(=O)cc(O)c2c1. The Morgan fingerprint density at radius 3 is 2.62 bits per heavy atom. The Hall–Kier alpha value is -5.13. The second kappa shape index (κ2) is 12.6. The van der Waals surface area contributed by atoms with Gasteiger partial charge in [-0.15, -0.1) is 0 Å². The third kappa shape index (κ3) is 7.04. The number of aromatic hydroxyl groups is 1. The van der Waals surface area contributed by atoms with E-state index in [9.17, 15) is 19.5 Å². The van der Waals surface area contributed by atoms with Crippen molar-refractivity contribution in [1.29, 1.82) is 0 Å². The summed E-state index contributed by atoms with van der Waals surface area (Å²) in [7, 11) is 0. The average molecular weight is 560 g/mol. The highest BCUT2D eigenvalue weighted by atomic mass is 35.5. The Morgan fingerprint density at radius 2 is 1.88 bits per heavy atom. The molecule has 0 saturated carbocycles. The standard InChI is InChI=1S/C28H26ClN7O4/c29-19-7-10-24(36(31)16-32-30)18(13-19)6-11-26(38)35-23(12-17-4-2-1-3-5-17)28(40)33-20-8-9-22-21(14-20)25(37)15-27(39)34-22/h1-11,13-16,23H,12,30-31H2,(H,33,40)(H,35,38)(H2,34,37,39)/b11-6+,32-16-/t23-/m0/s1. The lowest BCUT2D eigenvalue weighted by molar-refractivity contribution is -0.123. The van der Waals surface area contributed by atoms with Crippen molar-refractivity contribution in [3.05, 3.63) is 105 Å². The summed E-state index contributed by atoms with van der Waals surface area (Å²) in [5.41, 5.74) is 2.17. The second-order valence-corrected chi connectivity index (χ2v) is 9.16. The minimum atomic E-state index is -0.950. The van der Waals surface area contributed by atoms with Gasteiger partial charge in [-0.25, -0.2) is 5.84 Å². The van der Waals surface area contributed by atoms with Crippen molar-refractivity contribution in [1.82, 2.24) is 10.3 Å². The van der Waals surface area contributed by atoms with Crippen LogP contribution in [0.25, 0.3) is 17.0 Å². The van der Waals surface area contributed by atoms with Gasteiger partial charge in [-0.3, -0.25) is 19.4 Å². The normalized spacial score (nSPS) is 12.1. The number of hydrogen-bond donors (Lipinski definition) is 6. The predicted molar refractivity (Wildman–Crippen MR) is 157 cm³/mol. The Kier molecular flexibility index (Phi) is 8.79. The fraction of sp³-hybridized carbons (Fsp3) is 0.0714. The molecule has 0 unspecified atom stereocenters. The van der Waals surface area contributed by atoms with E-state index < -0.39 is 23.4 Å². The predicted octanol–water partition coefficient (Wildman–Crippen LogP) is 2.85. The Bertz CT molecular complexity index is 1650. The average Bonchev–Trinajstić information content (AvgIpc) is 2.92. The summed E-state index contributed by atoms with van der Waals surface area (Å²) in [5.74, 6) is 9.88. The highest BCUT2D eigenvalue weighted by molar-refractivity contribution is 6.30. The highest BCUT2D eigenvalue weighted by Crippen LogP contribution is 2.25. The molecule has 0 aliphatic heterocycles. The molecule has 11 nitrogen and oxygen atoms in total. The van der Waals surface area contributed by atoms with Crippen LogP contribution in [0.5, 0.6) is 5.75 Å². The molecule has 0 saturated heterocycles. The number of H-pyrrole nitrogens is 1. The van der Waals surface area contributed by atoms with Crippen LogP contribution in [0, 0.1) is 0 Å². The van der Waals surface area contributed by atoms with E-state index >= 15 is 0 Å². The maximum Gasteiger partial charge on any atom is 0.252 e.